The number of hydrogen-bond donors (Lipinski definition) is 3. The van der Waals surface area contributed by atoms with Crippen molar-refractivity contribution >= 4 is 11.8 Å². The lowest BCUT2D eigenvalue weighted by molar-refractivity contribution is -0.128. The van der Waals surface area contributed by atoms with Crippen LogP contribution >= 0.6 is 0 Å². The summed E-state index contributed by atoms with van der Waals surface area (Å²) >= 11 is 0. The molecule has 1 aromatic heterocycles. The molecule has 2 aromatic rings. The summed E-state index contributed by atoms with van der Waals surface area (Å²) in [5, 5.41) is 14.7. The number of ether oxygens (including phenoxy) is 2. The van der Waals surface area contributed by atoms with E-state index in [1.807, 2.05) is 0 Å². The van der Waals surface area contributed by atoms with Crippen LogP contribution in [0.3, 0.4) is 0 Å². The number of aromatic hydroxyl groups is 1. The summed E-state index contributed by atoms with van der Waals surface area (Å²) in [6.07, 6.45) is 1.49. The molecule has 1 atom stereocenters. The molecule has 0 fully saturated rings. The van der Waals surface area contributed by atoms with E-state index in [-0.39, 0.29) is 30.5 Å². The number of aromatic nitrogens is 1. The van der Waals surface area contributed by atoms with E-state index >= 15 is 0 Å². The van der Waals surface area contributed by atoms with Crippen LogP contribution in [0.2, 0.25) is 0 Å². The van der Waals surface area contributed by atoms with Crippen molar-refractivity contribution in [2.45, 2.75) is 25.9 Å². The second kappa shape index (κ2) is 9.42. The molecule has 0 saturated heterocycles. The number of benzene rings is 1. The fraction of sp³-hybridized carbons (Fsp3) is 0.316. The van der Waals surface area contributed by atoms with Gasteiger partial charge in [-0.15, -0.1) is 0 Å². The molecule has 0 unspecified atom stereocenters. The Hall–Kier alpha value is -3.29. The average molecular weight is 373 g/mol. The van der Waals surface area contributed by atoms with E-state index in [1.54, 1.807) is 38.5 Å². The highest BCUT2D eigenvalue weighted by Gasteiger charge is 2.20. The van der Waals surface area contributed by atoms with Crippen LogP contribution in [0.5, 0.6) is 17.2 Å². The summed E-state index contributed by atoms with van der Waals surface area (Å²) < 4.78 is 10.4. The fourth-order valence-electron chi connectivity index (χ4n) is 2.48. The van der Waals surface area contributed by atoms with Gasteiger partial charge in [0.2, 0.25) is 11.8 Å². The summed E-state index contributed by atoms with van der Waals surface area (Å²) in [5.74, 6) is 0.598. The lowest BCUT2D eigenvalue weighted by Gasteiger charge is -2.18. The van der Waals surface area contributed by atoms with Crippen LogP contribution in [0.25, 0.3) is 0 Å². The summed E-state index contributed by atoms with van der Waals surface area (Å²) in [6.45, 7) is 1.59. The standard InChI is InChI=1S/C19H23N3O5/c1-12(23)22-18(8-14-4-5-15(24)11-20-14)19(25)21-10-13-6-16(26-2)9-17(7-13)27-3/h4-7,9,11,18,24H,8,10H2,1-3H3,(H,21,25)(H,22,23)/t18-/m0/s1. The first-order valence-corrected chi connectivity index (χ1v) is 8.32. The SMILES string of the molecule is COc1cc(CNC(=O)[C@H](Cc2ccc(O)cn2)NC(C)=O)cc(OC)c1. The number of nitrogens with zero attached hydrogens (tertiary/aromatic N) is 1. The minimum absolute atomic E-state index is 0.0336. The van der Waals surface area contributed by atoms with Gasteiger partial charge >= 0.3 is 0 Å². The molecule has 144 valence electrons. The maximum absolute atomic E-state index is 12.6. The van der Waals surface area contributed by atoms with E-state index in [9.17, 15) is 14.7 Å². The number of carbonyl (C=O) groups excluding carboxylic acids is 2. The third-order valence-electron chi connectivity index (χ3n) is 3.79. The normalized spacial score (nSPS) is 11.4. The molecule has 0 spiro atoms. The number of hydrogen-bond acceptors (Lipinski definition) is 6. The van der Waals surface area contributed by atoms with Crippen molar-refractivity contribution in [3.05, 3.63) is 47.8 Å². The van der Waals surface area contributed by atoms with Gasteiger partial charge in [-0.3, -0.25) is 14.6 Å². The molecule has 0 aliphatic heterocycles. The van der Waals surface area contributed by atoms with Crippen molar-refractivity contribution in [3.8, 4) is 17.2 Å². The molecule has 2 amide bonds. The summed E-state index contributed by atoms with van der Waals surface area (Å²) in [6, 6.07) is 7.61. The largest absolute Gasteiger partial charge is 0.506 e. The van der Waals surface area contributed by atoms with E-state index in [0.29, 0.717) is 17.2 Å². The third-order valence-corrected chi connectivity index (χ3v) is 3.79. The second-order valence-electron chi connectivity index (χ2n) is 5.90. The summed E-state index contributed by atoms with van der Waals surface area (Å²) in [5.41, 5.74) is 1.37. The first-order chi connectivity index (χ1) is 12.9. The zero-order valence-corrected chi connectivity index (χ0v) is 15.5. The Kier molecular flexibility index (Phi) is 6.99. The molecule has 1 aromatic carbocycles. The van der Waals surface area contributed by atoms with E-state index < -0.39 is 6.04 Å². The first-order valence-electron chi connectivity index (χ1n) is 8.32. The van der Waals surface area contributed by atoms with Gasteiger partial charge in [0.25, 0.3) is 0 Å². The van der Waals surface area contributed by atoms with Crippen LogP contribution in [0.1, 0.15) is 18.2 Å². The highest BCUT2D eigenvalue weighted by molar-refractivity contribution is 5.87. The van der Waals surface area contributed by atoms with E-state index in [1.165, 1.54) is 19.2 Å². The smallest absolute Gasteiger partial charge is 0.243 e. The number of pyridine rings is 1. The molecule has 0 aliphatic carbocycles. The van der Waals surface area contributed by atoms with Gasteiger partial charge in [-0.25, -0.2) is 0 Å². The van der Waals surface area contributed by atoms with Gasteiger partial charge in [0, 0.05) is 31.6 Å². The number of carbonyl (C=O) groups is 2. The topological polar surface area (TPSA) is 110 Å². The van der Waals surface area contributed by atoms with Gasteiger partial charge in [-0.1, -0.05) is 0 Å². The number of amides is 2. The molecule has 0 bridgehead atoms. The number of rotatable bonds is 8. The highest BCUT2D eigenvalue weighted by Crippen LogP contribution is 2.22. The molecule has 0 saturated carbocycles. The first kappa shape index (κ1) is 20.0. The summed E-state index contributed by atoms with van der Waals surface area (Å²) in [4.78, 5) is 28.1. The molecule has 0 radical (unpaired) electrons. The van der Waals surface area contributed by atoms with Gasteiger partial charge in [0.1, 0.15) is 23.3 Å². The molecule has 2 rings (SSSR count). The van der Waals surface area contributed by atoms with Crippen molar-refractivity contribution in [1.82, 2.24) is 15.6 Å². The summed E-state index contributed by atoms with van der Waals surface area (Å²) in [7, 11) is 3.10. The Bertz CT molecular complexity index is 770. The zero-order chi connectivity index (χ0) is 19.8. The monoisotopic (exact) mass is 373 g/mol. The van der Waals surface area contributed by atoms with E-state index in [2.05, 4.69) is 15.6 Å². The van der Waals surface area contributed by atoms with Gasteiger partial charge in [-0.05, 0) is 29.8 Å². The molecular weight excluding hydrogens is 350 g/mol. The number of methoxy groups -OCH3 is 2. The van der Waals surface area contributed by atoms with Crippen LogP contribution in [0.4, 0.5) is 0 Å². The van der Waals surface area contributed by atoms with Gasteiger partial charge < -0.3 is 25.2 Å². The Morgan fingerprint density at radius 3 is 2.33 bits per heavy atom. The van der Waals surface area contributed by atoms with Crippen LogP contribution in [-0.4, -0.2) is 42.2 Å². The zero-order valence-electron chi connectivity index (χ0n) is 15.5. The van der Waals surface area contributed by atoms with Crippen LogP contribution in [0.15, 0.2) is 36.5 Å². The van der Waals surface area contributed by atoms with Crippen LogP contribution < -0.4 is 20.1 Å². The molecular formula is C19H23N3O5. The highest BCUT2D eigenvalue weighted by atomic mass is 16.5. The van der Waals surface area contributed by atoms with Gasteiger partial charge in [-0.2, -0.15) is 0 Å². The predicted molar refractivity (Wildman–Crippen MR) is 98.6 cm³/mol. The van der Waals surface area contributed by atoms with Crippen LogP contribution in [-0.2, 0) is 22.6 Å². The maximum atomic E-state index is 12.6. The lowest BCUT2D eigenvalue weighted by atomic mass is 10.1. The maximum Gasteiger partial charge on any atom is 0.243 e. The molecule has 8 nitrogen and oxygen atoms in total. The molecule has 1 heterocycles. The second-order valence-corrected chi connectivity index (χ2v) is 5.90. The Labute approximate surface area is 157 Å². The minimum atomic E-state index is -0.785. The third kappa shape index (κ3) is 6.18. The molecule has 27 heavy (non-hydrogen) atoms. The van der Waals surface area contributed by atoms with Crippen molar-refractivity contribution in [2.24, 2.45) is 0 Å². The van der Waals surface area contributed by atoms with E-state index in [4.69, 9.17) is 9.47 Å². The number of nitrogens with one attached hydrogen (secondary N) is 2. The molecule has 0 aliphatic rings. The Morgan fingerprint density at radius 1 is 1.15 bits per heavy atom. The van der Waals surface area contributed by atoms with Crippen molar-refractivity contribution in [2.75, 3.05) is 14.2 Å². The van der Waals surface area contributed by atoms with Crippen LogP contribution in [0, 0.1) is 0 Å². The van der Waals surface area contributed by atoms with Gasteiger partial charge in [0.15, 0.2) is 0 Å². The predicted octanol–water partition coefficient (Wildman–Crippen LogP) is 1.17. The quantitative estimate of drug-likeness (QED) is 0.641. The Balaban J connectivity index is 2.07. The van der Waals surface area contributed by atoms with E-state index in [0.717, 1.165) is 5.56 Å². The molecule has 8 heteroatoms. The molecule has 3 N–H and O–H groups in total. The lowest BCUT2D eigenvalue weighted by Crippen LogP contribution is -2.47. The van der Waals surface area contributed by atoms with Crippen molar-refractivity contribution < 1.29 is 24.2 Å². The fourth-order valence-corrected chi connectivity index (χ4v) is 2.48. The average Bonchev–Trinajstić information content (AvgIpc) is 2.66. The van der Waals surface area contributed by atoms with Crippen molar-refractivity contribution in [1.29, 1.82) is 0 Å². The minimum Gasteiger partial charge on any atom is -0.506 e. The van der Waals surface area contributed by atoms with Crippen molar-refractivity contribution in [3.63, 3.8) is 0 Å². The van der Waals surface area contributed by atoms with Gasteiger partial charge in [0.05, 0.1) is 20.4 Å². The Morgan fingerprint density at radius 2 is 1.81 bits per heavy atom.